The predicted molar refractivity (Wildman–Crippen MR) is 79.0 cm³/mol. The van der Waals surface area contributed by atoms with Crippen LogP contribution in [0.4, 0.5) is 0 Å². The van der Waals surface area contributed by atoms with E-state index in [-0.39, 0.29) is 0 Å². The van der Waals surface area contributed by atoms with Crippen molar-refractivity contribution in [1.29, 1.82) is 0 Å². The monoisotopic (exact) mass is 337 g/mol. The summed E-state index contributed by atoms with van der Waals surface area (Å²) in [5.74, 6) is 0.506. The van der Waals surface area contributed by atoms with E-state index >= 15 is 0 Å². The van der Waals surface area contributed by atoms with Crippen LogP contribution >= 0.6 is 22.6 Å². The zero-order valence-electron chi connectivity index (χ0n) is 9.39. The van der Waals surface area contributed by atoms with Gasteiger partial charge in [0.2, 0.25) is 0 Å². The van der Waals surface area contributed by atoms with Gasteiger partial charge in [-0.3, -0.25) is 9.98 Å². The number of nitrogens with zero attached hydrogens (tertiary/aromatic N) is 2. The minimum absolute atomic E-state index is 0.506. The van der Waals surface area contributed by atoms with Gasteiger partial charge in [-0.25, -0.2) is 0 Å². The maximum Gasteiger partial charge on any atom is 0.126 e. The van der Waals surface area contributed by atoms with Gasteiger partial charge in [-0.05, 0) is 46.9 Å². The number of halogens is 1. The second kappa shape index (κ2) is 5.27. The number of aromatic nitrogens is 1. The van der Waals surface area contributed by atoms with Crippen LogP contribution in [0.15, 0.2) is 47.6 Å². The molecule has 0 bridgehead atoms. The number of hydrogen-bond acceptors (Lipinski definition) is 2. The summed E-state index contributed by atoms with van der Waals surface area (Å²) >= 11 is 2.29. The third-order valence-electron chi connectivity index (χ3n) is 2.42. The van der Waals surface area contributed by atoms with Crippen LogP contribution in [0.3, 0.4) is 0 Å². The fraction of sp³-hybridized carbons (Fsp3) is 0.0769. The lowest BCUT2D eigenvalue weighted by atomic mass is 10.1. The summed E-state index contributed by atoms with van der Waals surface area (Å²) < 4.78 is 1.20. The van der Waals surface area contributed by atoms with E-state index in [4.69, 9.17) is 5.73 Å². The van der Waals surface area contributed by atoms with E-state index < -0.39 is 0 Å². The van der Waals surface area contributed by atoms with E-state index in [9.17, 15) is 0 Å². The van der Waals surface area contributed by atoms with Crippen molar-refractivity contribution in [2.75, 3.05) is 7.05 Å². The molecule has 2 N–H and O–H groups in total. The van der Waals surface area contributed by atoms with E-state index in [0.717, 1.165) is 16.8 Å². The summed E-state index contributed by atoms with van der Waals surface area (Å²) in [4.78, 5) is 8.32. The standard InChI is InChI=1S/C13H12IN3/c1-16-13(15)10-5-6-12(17-8-10)9-3-2-4-11(14)7-9/h2-8H,1H3,(H2,15,16). The Morgan fingerprint density at radius 3 is 2.71 bits per heavy atom. The zero-order chi connectivity index (χ0) is 12.3. The van der Waals surface area contributed by atoms with Gasteiger partial charge in [0, 0.05) is 27.9 Å². The molecule has 2 rings (SSSR count). The first-order valence-corrected chi connectivity index (χ1v) is 6.23. The molecule has 0 spiro atoms. The molecule has 1 heterocycles. The molecule has 1 aromatic heterocycles. The predicted octanol–water partition coefficient (Wildman–Crippen LogP) is 2.69. The van der Waals surface area contributed by atoms with Crippen molar-refractivity contribution in [2.24, 2.45) is 10.7 Å². The molecule has 0 atom stereocenters. The highest BCUT2D eigenvalue weighted by molar-refractivity contribution is 14.1. The summed E-state index contributed by atoms with van der Waals surface area (Å²) in [5, 5.41) is 0. The summed E-state index contributed by atoms with van der Waals surface area (Å²) in [6, 6.07) is 12.1. The maximum absolute atomic E-state index is 5.72. The van der Waals surface area contributed by atoms with Crippen molar-refractivity contribution in [3.63, 3.8) is 0 Å². The van der Waals surface area contributed by atoms with Crippen LogP contribution in [0.2, 0.25) is 0 Å². The average Bonchev–Trinajstić information content (AvgIpc) is 2.38. The quantitative estimate of drug-likeness (QED) is 0.520. The lowest BCUT2D eigenvalue weighted by molar-refractivity contribution is 1.29. The normalized spacial score (nSPS) is 11.5. The molecule has 0 aliphatic heterocycles. The Labute approximate surface area is 114 Å². The topological polar surface area (TPSA) is 51.3 Å². The molecule has 1 aromatic carbocycles. The SMILES string of the molecule is CN=C(N)c1ccc(-c2cccc(I)c2)nc1. The summed E-state index contributed by atoms with van der Waals surface area (Å²) in [6.45, 7) is 0. The van der Waals surface area contributed by atoms with Crippen LogP contribution in [0, 0.1) is 3.57 Å². The number of amidine groups is 1. The Kier molecular flexibility index (Phi) is 3.73. The van der Waals surface area contributed by atoms with E-state index in [1.54, 1.807) is 13.2 Å². The summed E-state index contributed by atoms with van der Waals surface area (Å²) in [6.07, 6.45) is 1.75. The number of pyridine rings is 1. The zero-order valence-corrected chi connectivity index (χ0v) is 11.5. The first-order chi connectivity index (χ1) is 8.20. The van der Waals surface area contributed by atoms with Gasteiger partial charge >= 0.3 is 0 Å². The number of benzene rings is 1. The molecular weight excluding hydrogens is 325 g/mol. The molecule has 17 heavy (non-hydrogen) atoms. The number of aliphatic imine (C=N–C) groups is 1. The Morgan fingerprint density at radius 1 is 1.29 bits per heavy atom. The summed E-state index contributed by atoms with van der Waals surface area (Å²) in [5.41, 5.74) is 8.61. The minimum atomic E-state index is 0.506. The van der Waals surface area contributed by atoms with Crippen LogP contribution in [0.5, 0.6) is 0 Å². The van der Waals surface area contributed by atoms with Crippen LogP contribution in [-0.4, -0.2) is 17.9 Å². The molecule has 0 unspecified atom stereocenters. The molecule has 86 valence electrons. The third-order valence-corrected chi connectivity index (χ3v) is 3.09. The van der Waals surface area contributed by atoms with E-state index in [1.807, 2.05) is 24.3 Å². The molecule has 0 aliphatic rings. The van der Waals surface area contributed by atoms with Crippen molar-refractivity contribution in [2.45, 2.75) is 0 Å². The Morgan fingerprint density at radius 2 is 2.12 bits per heavy atom. The van der Waals surface area contributed by atoms with E-state index in [1.165, 1.54) is 3.57 Å². The molecule has 0 radical (unpaired) electrons. The molecule has 4 heteroatoms. The Hall–Kier alpha value is -1.43. The third kappa shape index (κ3) is 2.82. The van der Waals surface area contributed by atoms with Gasteiger partial charge in [0.25, 0.3) is 0 Å². The number of hydrogen-bond donors (Lipinski definition) is 1. The lowest BCUT2D eigenvalue weighted by Gasteiger charge is -2.03. The molecule has 3 nitrogen and oxygen atoms in total. The van der Waals surface area contributed by atoms with Gasteiger partial charge in [-0.15, -0.1) is 0 Å². The fourth-order valence-corrected chi connectivity index (χ4v) is 2.04. The molecule has 0 fully saturated rings. The largest absolute Gasteiger partial charge is 0.383 e. The highest BCUT2D eigenvalue weighted by Crippen LogP contribution is 2.19. The Balaban J connectivity index is 2.36. The average molecular weight is 337 g/mol. The molecule has 2 aromatic rings. The first kappa shape index (κ1) is 12.0. The second-order valence-electron chi connectivity index (χ2n) is 3.55. The van der Waals surface area contributed by atoms with E-state index in [2.05, 4.69) is 44.7 Å². The highest BCUT2D eigenvalue weighted by atomic mass is 127. The Bertz CT molecular complexity index is 547. The fourth-order valence-electron chi connectivity index (χ4n) is 1.49. The molecule has 0 aliphatic carbocycles. The lowest BCUT2D eigenvalue weighted by Crippen LogP contribution is -2.13. The summed E-state index contributed by atoms with van der Waals surface area (Å²) in [7, 11) is 1.67. The van der Waals surface area contributed by atoms with Crippen LogP contribution in [0.1, 0.15) is 5.56 Å². The smallest absolute Gasteiger partial charge is 0.126 e. The molecule has 0 saturated carbocycles. The van der Waals surface area contributed by atoms with Crippen LogP contribution in [-0.2, 0) is 0 Å². The van der Waals surface area contributed by atoms with Crippen molar-refractivity contribution >= 4 is 28.4 Å². The van der Waals surface area contributed by atoms with Crippen LogP contribution < -0.4 is 5.73 Å². The van der Waals surface area contributed by atoms with Gasteiger partial charge < -0.3 is 5.73 Å². The maximum atomic E-state index is 5.72. The van der Waals surface area contributed by atoms with Gasteiger partial charge in [0.05, 0.1) is 5.69 Å². The molecule has 0 saturated heterocycles. The molecular formula is C13H12IN3. The first-order valence-electron chi connectivity index (χ1n) is 5.15. The van der Waals surface area contributed by atoms with Crippen molar-refractivity contribution in [3.8, 4) is 11.3 Å². The van der Waals surface area contributed by atoms with Gasteiger partial charge in [-0.1, -0.05) is 12.1 Å². The second-order valence-corrected chi connectivity index (χ2v) is 4.80. The molecule has 0 amide bonds. The van der Waals surface area contributed by atoms with Crippen molar-refractivity contribution < 1.29 is 0 Å². The van der Waals surface area contributed by atoms with Crippen LogP contribution in [0.25, 0.3) is 11.3 Å². The highest BCUT2D eigenvalue weighted by Gasteiger charge is 2.02. The van der Waals surface area contributed by atoms with Gasteiger partial charge in [0.15, 0.2) is 0 Å². The van der Waals surface area contributed by atoms with Gasteiger partial charge in [-0.2, -0.15) is 0 Å². The van der Waals surface area contributed by atoms with E-state index in [0.29, 0.717) is 5.84 Å². The number of rotatable bonds is 2. The van der Waals surface area contributed by atoms with Crippen molar-refractivity contribution in [1.82, 2.24) is 4.98 Å². The van der Waals surface area contributed by atoms with Crippen molar-refractivity contribution in [3.05, 3.63) is 51.7 Å². The minimum Gasteiger partial charge on any atom is -0.383 e. The number of nitrogens with two attached hydrogens (primary N) is 1. The van der Waals surface area contributed by atoms with Gasteiger partial charge in [0.1, 0.15) is 5.84 Å².